The summed E-state index contributed by atoms with van der Waals surface area (Å²) in [5.74, 6) is 0.502. The Labute approximate surface area is 198 Å². The zero-order chi connectivity index (χ0) is 24.1. The third-order valence-corrected chi connectivity index (χ3v) is 5.74. The van der Waals surface area contributed by atoms with Crippen molar-refractivity contribution >= 4 is 17.6 Å². The molecular weight excluding hydrogens is 436 g/mol. The number of benzene rings is 2. The number of amidine groups is 1. The molecule has 0 fully saturated rings. The van der Waals surface area contributed by atoms with E-state index in [-0.39, 0.29) is 5.56 Å². The van der Waals surface area contributed by atoms with E-state index in [2.05, 4.69) is 32.8 Å². The predicted molar refractivity (Wildman–Crippen MR) is 132 cm³/mol. The third kappa shape index (κ3) is 5.44. The minimum atomic E-state index is -0.554. The summed E-state index contributed by atoms with van der Waals surface area (Å²) in [5.41, 5.74) is 4.45. The van der Waals surface area contributed by atoms with Crippen LogP contribution in [0.25, 0.3) is 11.8 Å². The van der Waals surface area contributed by atoms with Gasteiger partial charge in [-0.3, -0.25) is 4.99 Å². The number of rotatable bonds is 7. The number of aromatic nitrogens is 2. The smallest absolute Gasteiger partial charge is 0.143 e. The number of imidazole rings is 1. The van der Waals surface area contributed by atoms with Crippen LogP contribution in [0.2, 0.25) is 0 Å². The Hall–Kier alpha value is -3.68. The van der Waals surface area contributed by atoms with Crippen molar-refractivity contribution in [3.63, 3.8) is 0 Å². The van der Waals surface area contributed by atoms with Crippen molar-refractivity contribution in [3.8, 4) is 11.4 Å². The van der Waals surface area contributed by atoms with Crippen LogP contribution in [0.4, 0.5) is 14.5 Å². The second-order valence-corrected chi connectivity index (χ2v) is 8.28. The van der Waals surface area contributed by atoms with Gasteiger partial charge in [0.05, 0.1) is 24.8 Å². The summed E-state index contributed by atoms with van der Waals surface area (Å²) in [6.45, 7) is 5.21. The fourth-order valence-corrected chi connectivity index (χ4v) is 3.88. The van der Waals surface area contributed by atoms with Gasteiger partial charge in [0, 0.05) is 37.1 Å². The molecule has 2 heterocycles. The second kappa shape index (κ2) is 10.5. The Balaban J connectivity index is 1.42. The average Bonchev–Trinajstić information content (AvgIpc) is 3.27. The van der Waals surface area contributed by atoms with Crippen molar-refractivity contribution in [1.82, 2.24) is 14.9 Å². The molecule has 2 N–H and O–H groups in total. The molecule has 6 nitrogen and oxygen atoms in total. The molecule has 0 amide bonds. The molecule has 34 heavy (non-hydrogen) atoms. The number of nitrogens with one attached hydrogen (secondary N) is 2. The van der Waals surface area contributed by atoms with Crippen LogP contribution in [0.3, 0.4) is 0 Å². The Morgan fingerprint density at radius 1 is 1.09 bits per heavy atom. The van der Waals surface area contributed by atoms with E-state index in [1.54, 1.807) is 13.4 Å². The van der Waals surface area contributed by atoms with Crippen LogP contribution in [0.5, 0.6) is 5.75 Å². The molecule has 0 spiro atoms. The zero-order valence-corrected chi connectivity index (χ0v) is 19.7. The van der Waals surface area contributed by atoms with E-state index in [0.29, 0.717) is 18.8 Å². The van der Waals surface area contributed by atoms with Crippen LogP contribution in [-0.2, 0) is 0 Å². The molecule has 1 aliphatic heterocycles. The standard InChI is InChI=1S/C26H29F2N5O/c1-17-15-33(16-32-17)24-7-6-19(12-25(24)34-3)11-20-5-4-8-30-26(20)31-10-9-29-21-13-22(27)18(2)23(28)14-21/h6-7,11-16,29H,4-5,8-10H2,1-3H3,(H,30,31)/b20-11+. The van der Waals surface area contributed by atoms with Gasteiger partial charge in [-0.05, 0) is 68.2 Å². The van der Waals surface area contributed by atoms with Gasteiger partial charge in [0.25, 0.3) is 0 Å². The molecule has 178 valence electrons. The Morgan fingerprint density at radius 3 is 2.56 bits per heavy atom. The number of aliphatic imine (C=N–C) groups is 1. The number of ether oxygens (including phenoxy) is 1. The van der Waals surface area contributed by atoms with Crippen LogP contribution in [-0.4, -0.2) is 42.1 Å². The largest absolute Gasteiger partial charge is 0.495 e. The molecule has 0 radical (unpaired) electrons. The number of halogens is 2. The van der Waals surface area contributed by atoms with Crippen molar-refractivity contribution in [2.24, 2.45) is 4.99 Å². The van der Waals surface area contributed by atoms with Crippen LogP contribution < -0.4 is 15.4 Å². The maximum Gasteiger partial charge on any atom is 0.143 e. The van der Waals surface area contributed by atoms with Crippen molar-refractivity contribution in [1.29, 1.82) is 0 Å². The lowest BCUT2D eigenvalue weighted by atomic mass is 10.0. The summed E-state index contributed by atoms with van der Waals surface area (Å²) in [6, 6.07) is 8.69. The molecule has 1 aliphatic rings. The summed E-state index contributed by atoms with van der Waals surface area (Å²) < 4.78 is 35.0. The number of aryl methyl sites for hydroxylation is 1. The summed E-state index contributed by atoms with van der Waals surface area (Å²) in [7, 11) is 1.66. The lowest BCUT2D eigenvalue weighted by molar-refractivity contribution is 0.413. The summed E-state index contributed by atoms with van der Waals surface area (Å²) >= 11 is 0. The van der Waals surface area contributed by atoms with E-state index in [9.17, 15) is 8.78 Å². The molecule has 0 saturated carbocycles. The molecule has 0 saturated heterocycles. The predicted octanol–water partition coefficient (Wildman–Crippen LogP) is 5.05. The highest BCUT2D eigenvalue weighted by Crippen LogP contribution is 2.27. The number of nitrogens with zero attached hydrogens (tertiary/aromatic N) is 3. The van der Waals surface area contributed by atoms with Gasteiger partial charge in [-0.1, -0.05) is 6.07 Å². The fourth-order valence-electron chi connectivity index (χ4n) is 3.88. The summed E-state index contributed by atoms with van der Waals surface area (Å²) in [6.07, 6.45) is 7.75. The number of anilines is 1. The van der Waals surface area contributed by atoms with E-state index < -0.39 is 11.6 Å². The van der Waals surface area contributed by atoms with E-state index >= 15 is 0 Å². The highest BCUT2D eigenvalue weighted by molar-refractivity contribution is 6.02. The SMILES string of the molecule is COc1cc(/C=C2\CCCN=C2NCCNc2cc(F)c(C)c(F)c2)ccc1-n1cnc(C)c1. The molecule has 8 heteroatoms. The van der Waals surface area contributed by atoms with Gasteiger partial charge in [-0.15, -0.1) is 0 Å². The lowest BCUT2D eigenvalue weighted by Gasteiger charge is -2.19. The minimum absolute atomic E-state index is 0.0276. The van der Waals surface area contributed by atoms with Crippen molar-refractivity contribution in [3.05, 3.63) is 76.9 Å². The second-order valence-electron chi connectivity index (χ2n) is 8.28. The van der Waals surface area contributed by atoms with Crippen molar-refractivity contribution < 1.29 is 13.5 Å². The maximum atomic E-state index is 13.7. The summed E-state index contributed by atoms with van der Waals surface area (Å²) in [5, 5.41) is 6.41. The van der Waals surface area contributed by atoms with Gasteiger partial charge in [-0.2, -0.15) is 0 Å². The quantitative estimate of drug-likeness (QED) is 0.479. The van der Waals surface area contributed by atoms with Gasteiger partial charge in [0.2, 0.25) is 0 Å². The monoisotopic (exact) mass is 465 g/mol. The first-order valence-electron chi connectivity index (χ1n) is 11.3. The molecule has 4 rings (SSSR count). The molecule has 2 aromatic carbocycles. The van der Waals surface area contributed by atoms with Gasteiger partial charge >= 0.3 is 0 Å². The van der Waals surface area contributed by atoms with E-state index in [1.807, 2.05) is 29.8 Å². The lowest BCUT2D eigenvalue weighted by Crippen LogP contribution is -2.32. The average molecular weight is 466 g/mol. The van der Waals surface area contributed by atoms with Crippen molar-refractivity contribution in [2.45, 2.75) is 26.7 Å². The van der Waals surface area contributed by atoms with E-state index in [0.717, 1.165) is 53.5 Å². The first-order chi connectivity index (χ1) is 16.4. The van der Waals surface area contributed by atoms with Crippen LogP contribution in [0.1, 0.15) is 29.7 Å². The topological polar surface area (TPSA) is 63.5 Å². The molecule has 0 bridgehead atoms. The Morgan fingerprint density at radius 2 is 1.85 bits per heavy atom. The van der Waals surface area contributed by atoms with Gasteiger partial charge in [0.1, 0.15) is 23.2 Å². The normalized spacial score (nSPS) is 14.7. The molecule has 0 atom stereocenters. The molecule has 0 unspecified atom stereocenters. The highest BCUT2D eigenvalue weighted by atomic mass is 19.1. The molecule has 3 aromatic rings. The summed E-state index contributed by atoms with van der Waals surface area (Å²) in [4.78, 5) is 8.94. The van der Waals surface area contributed by atoms with E-state index in [4.69, 9.17) is 4.74 Å². The number of hydrogen-bond acceptors (Lipinski definition) is 5. The molecule has 0 aliphatic carbocycles. The molecular formula is C26H29F2N5O. The number of hydrogen-bond donors (Lipinski definition) is 2. The van der Waals surface area contributed by atoms with Gasteiger partial charge in [0.15, 0.2) is 0 Å². The number of methoxy groups -OCH3 is 1. The Bertz CT molecular complexity index is 1210. The van der Waals surface area contributed by atoms with Crippen LogP contribution in [0, 0.1) is 25.5 Å². The zero-order valence-electron chi connectivity index (χ0n) is 19.7. The molecule has 1 aromatic heterocycles. The van der Waals surface area contributed by atoms with Crippen LogP contribution in [0.15, 0.2) is 53.4 Å². The minimum Gasteiger partial charge on any atom is -0.495 e. The van der Waals surface area contributed by atoms with Crippen molar-refractivity contribution in [2.75, 3.05) is 32.1 Å². The van der Waals surface area contributed by atoms with Crippen LogP contribution >= 0.6 is 0 Å². The highest BCUT2D eigenvalue weighted by Gasteiger charge is 2.13. The third-order valence-electron chi connectivity index (χ3n) is 5.74. The van der Waals surface area contributed by atoms with Gasteiger partial charge < -0.3 is 19.9 Å². The first kappa shape index (κ1) is 23.5. The van der Waals surface area contributed by atoms with E-state index in [1.165, 1.54) is 19.1 Å². The Kier molecular flexibility index (Phi) is 7.25. The first-order valence-corrected chi connectivity index (χ1v) is 11.3. The van der Waals surface area contributed by atoms with Gasteiger partial charge in [-0.25, -0.2) is 13.8 Å². The fraction of sp³-hybridized carbons (Fsp3) is 0.308. The maximum absolute atomic E-state index is 13.7.